The molecule has 1 aliphatic carbocycles. The average molecular weight is 428 g/mol. The standard InChI is InChI=1S/C23H29N3O5/c1-24-22(28)18-13-26(16-7-5-4-6-8-16)14-19(21(18)27)23(29)25-12-15-9-10-17(30-2)11-20(15)31-3/h9-11,13-14,16H,4-8,12H2,1-3H3,(H,24,28)(H,25,29). The molecule has 0 spiro atoms. The topological polar surface area (TPSA) is 98.7 Å². The first-order valence-corrected chi connectivity index (χ1v) is 10.5. The van der Waals surface area contributed by atoms with Gasteiger partial charge >= 0.3 is 0 Å². The fourth-order valence-electron chi connectivity index (χ4n) is 3.91. The minimum absolute atomic E-state index is 0.0252. The normalized spacial score (nSPS) is 14.0. The van der Waals surface area contributed by atoms with Gasteiger partial charge in [-0.25, -0.2) is 0 Å². The Bertz CT molecular complexity index is 1010. The second-order valence-corrected chi connectivity index (χ2v) is 7.59. The van der Waals surface area contributed by atoms with Gasteiger partial charge in [0.15, 0.2) is 0 Å². The van der Waals surface area contributed by atoms with Crippen LogP contribution in [0, 0.1) is 0 Å². The van der Waals surface area contributed by atoms with E-state index in [0.717, 1.165) is 31.2 Å². The molecule has 0 bridgehead atoms. The molecule has 31 heavy (non-hydrogen) atoms. The fourth-order valence-corrected chi connectivity index (χ4v) is 3.91. The Labute approximate surface area is 181 Å². The Morgan fingerprint density at radius 3 is 2.32 bits per heavy atom. The molecule has 2 amide bonds. The molecule has 1 aromatic heterocycles. The number of hydrogen-bond donors (Lipinski definition) is 2. The smallest absolute Gasteiger partial charge is 0.257 e. The monoisotopic (exact) mass is 427 g/mol. The second kappa shape index (κ2) is 10.1. The lowest BCUT2D eigenvalue weighted by molar-refractivity contribution is 0.0948. The second-order valence-electron chi connectivity index (χ2n) is 7.59. The number of ether oxygens (including phenoxy) is 2. The van der Waals surface area contributed by atoms with E-state index in [0.29, 0.717) is 11.5 Å². The average Bonchev–Trinajstić information content (AvgIpc) is 2.82. The third-order valence-electron chi connectivity index (χ3n) is 5.69. The highest BCUT2D eigenvalue weighted by molar-refractivity contribution is 5.99. The van der Waals surface area contributed by atoms with Crippen LogP contribution in [0.4, 0.5) is 0 Å². The van der Waals surface area contributed by atoms with Crippen molar-refractivity contribution in [3.8, 4) is 11.5 Å². The van der Waals surface area contributed by atoms with Gasteiger partial charge in [-0.3, -0.25) is 14.4 Å². The van der Waals surface area contributed by atoms with Crippen molar-refractivity contribution >= 4 is 11.8 Å². The highest BCUT2D eigenvalue weighted by atomic mass is 16.5. The van der Waals surface area contributed by atoms with Crippen LogP contribution < -0.4 is 25.5 Å². The molecule has 3 rings (SSSR count). The third-order valence-corrected chi connectivity index (χ3v) is 5.69. The molecule has 1 heterocycles. The number of amides is 2. The molecule has 0 saturated heterocycles. The van der Waals surface area contributed by atoms with Gasteiger partial charge in [0.05, 0.1) is 14.2 Å². The number of benzene rings is 1. The number of nitrogens with zero attached hydrogens (tertiary/aromatic N) is 1. The van der Waals surface area contributed by atoms with E-state index < -0.39 is 17.2 Å². The van der Waals surface area contributed by atoms with Crippen LogP contribution >= 0.6 is 0 Å². The molecule has 1 saturated carbocycles. The van der Waals surface area contributed by atoms with Crippen LogP contribution in [0.15, 0.2) is 35.4 Å². The summed E-state index contributed by atoms with van der Waals surface area (Å²) < 4.78 is 12.4. The molecule has 0 aliphatic heterocycles. The van der Waals surface area contributed by atoms with Gasteiger partial charge in [0, 0.05) is 43.7 Å². The van der Waals surface area contributed by atoms with Crippen molar-refractivity contribution in [2.45, 2.75) is 44.7 Å². The van der Waals surface area contributed by atoms with Gasteiger partial charge in [0.1, 0.15) is 22.6 Å². The first-order chi connectivity index (χ1) is 15.0. The van der Waals surface area contributed by atoms with Gasteiger partial charge in [0.25, 0.3) is 11.8 Å². The Balaban J connectivity index is 1.89. The van der Waals surface area contributed by atoms with Gasteiger partial charge in [0.2, 0.25) is 5.43 Å². The summed E-state index contributed by atoms with van der Waals surface area (Å²) in [6, 6.07) is 5.46. The number of carbonyl (C=O) groups excluding carboxylic acids is 2. The molecule has 1 aromatic carbocycles. The Kier molecular flexibility index (Phi) is 7.33. The lowest BCUT2D eigenvalue weighted by Gasteiger charge is -2.25. The number of pyridine rings is 1. The van der Waals surface area contributed by atoms with Gasteiger partial charge in [-0.15, -0.1) is 0 Å². The molecular formula is C23H29N3O5. The highest BCUT2D eigenvalue weighted by Gasteiger charge is 2.22. The van der Waals surface area contributed by atoms with Crippen LogP contribution in [0.3, 0.4) is 0 Å². The van der Waals surface area contributed by atoms with Gasteiger partial charge in [-0.2, -0.15) is 0 Å². The molecule has 166 valence electrons. The molecule has 0 radical (unpaired) electrons. The minimum Gasteiger partial charge on any atom is -0.497 e. The predicted molar refractivity (Wildman–Crippen MR) is 117 cm³/mol. The summed E-state index contributed by atoms with van der Waals surface area (Å²) in [4.78, 5) is 38.1. The number of aromatic nitrogens is 1. The van der Waals surface area contributed by atoms with Crippen molar-refractivity contribution in [2.24, 2.45) is 0 Å². The van der Waals surface area contributed by atoms with Gasteiger partial charge in [-0.05, 0) is 25.0 Å². The molecule has 1 fully saturated rings. The number of hydrogen-bond acceptors (Lipinski definition) is 5. The van der Waals surface area contributed by atoms with Crippen LogP contribution in [-0.4, -0.2) is 37.6 Å². The van der Waals surface area contributed by atoms with E-state index in [1.54, 1.807) is 37.7 Å². The Hall–Kier alpha value is -3.29. The lowest BCUT2D eigenvalue weighted by Crippen LogP contribution is -2.35. The summed E-state index contributed by atoms with van der Waals surface area (Å²) in [5.74, 6) is 0.179. The van der Waals surface area contributed by atoms with Crippen LogP contribution in [-0.2, 0) is 6.54 Å². The summed E-state index contributed by atoms with van der Waals surface area (Å²) in [6.45, 7) is 0.166. The molecule has 0 unspecified atom stereocenters. The summed E-state index contributed by atoms with van der Waals surface area (Å²) in [5, 5.41) is 5.27. The number of rotatable bonds is 7. The zero-order valence-electron chi connectivity index (χ0n) is 18.2. The first-order valence-electron chi connectivity index (χ1n) is 10.5. The van der Waals surface area contributed by atoms with Crippen molar-refractivity contribution in [2.75, 3.05) is 21.3 Å². The summed E-state index contributed by atoms with van der Waals surface area (Å²) >= 11 is 0. The van der Waals surface area contributed by atoms with Crippen molar-refractivity contribution in [3.05, 3.63) is 57.5 Å². The fraction of sp³-hybridized carbons (Fsp3) is 0.435. The highest BCUT2D eigenvalue weighted by Crippen LogP contribution is 2.28. The summed E-state index contributed by atoms with van der Waals surface area (Å²) in [6.07, 6.45) is 8.41. The SMILES string of the molecule is CNC(=O)c1cn(C2CCCCC2)cc(C(=O)NCc2ccc(OC)cc2OC)c1=O. The van der Waals surface area contributed by atoms with Crippen molar-refractivity contribution in [1.29, 1.82) is 0 Å². The summed E-state index contributed by atoms with van der Waals surface area (Å²) in [5.41, 5.74) is 0.0965. The van der Waals surface area contributed by atoms with Crippen molar-refractivity contribution in [1.82, 2.24) is 15.2 Å². The maximum absolute atomic E-state index is 12.9. The van der Waals surface area contributed by atoms with E-state index in [-0.39, 0.29) is 23.7 Å². The molecule has 0 atom stereocenters. The molecule has 8 heteroatoms. The van der Waals surface area contributed by atoms with E-state index in [2.05, 4.69) is 10.6 Å². The third kappa shape index (κ3) is 5.07. The minimum atomic E-state index is -0.578. The van der Waals surface area contributed by atoms with Gasteiger partial charge < -0.3 is 24.7 Å². The number of carbonyl (C=O) groups is 2. The van der Waals surface area contributed by atoms with Crippen LogP contribution in [0.25, 0.3) is 0 Å². The molecule has 8 nitrogen and oxygen atoms in total. The van der Waals surface area contributed by atoms with E-state index in [1.165, 1.54) is 20.6 Å². The number of nitrogens with one attached hydrogen (secondary N) is 2. The van der Waals surface area contributed by atoms with E-state index >= 15 is 0 Å². The van der Waals surface area contributed by atoms with Crippen LogP contribution in [0.5, 0.6) is 11.5 Å². The molecule has 2 N–H and O–H groups in total. The molecule has 2 aromatic rings. The maximum atomic E-state index is 12.9. The lowest BCUT2D eigenvalue weighted by atomic mass is 9.95. The first kappa shape index (κ1) is 22.4. The van der Waals surface area contributed by atoms with E-state index in [4.69, 9.17) is 9.47 Å². The van der Waals surface area contributed by atoms with Gasteiger partial charge in [-0.1, -0.05) is 19.3 Å². The summed E-state index contributed by atoms with van der Waals surface area (Å²) in [7, 11) is 4.57. The molecular weight excluding hydrogens is 398 g/mol. The maximum Gasteiger partial charge on any atom is 0.257 e. The van der Waals surface area contributed by atoms with Crippen molar-refractivity contribution in [3.63, 3.8) is 0 Å². The van der Waals surface area contributed by atoms with E-state index in [1.807, 2.05) is 4.57 Å². The Morgan fingerprint density at radius 1 is 1.03 bits per heavy atom. The Morgan fingerprint density at radius 2 is 1.71 bits per heavy atom. The largest absolute Gasteiger partial charge is 0.497 e. The van der Waals surface area contributed by atoms with Crippen molar-refractivity contribution < 1.29 is 19.1 Å². The quantitative estimate of drug-likeness (QED) is 0.708. The number of methoxy groups -OCH3 is 2. The molecule has 1 aliphatic rings. The van der Waals surface area contributed by atoms with E-state index in [9.17, 15) is 14.4 Å². The zero-order valence-corrected chi connectivity index (χ0v) is 18.2. The predicted octanol–water partition coefficient (Wildman–Crippen LogP) is 2.66. The van der Waals surface area contributed by atoms with Crippen LogP contribution in [0.1, 0.15) is 64.4 Å². The van der Waals surface area contributed by atoms with Crippen LogP contribution in [0.2, 0.25) is 0 Å². The zero-order chi connectivity index (χ0) is 22.4.